The molecule has 1 unspecified atom stereocenters. The molecule has 0 spiro atoms. The van der Waals surface area contributed by atoms with Gasteiger partial charge in [-0.25, -0.2) is 4.39 Å². The standard InChI is InChI=1S/C21H23FN2O5.C15H17NO/c1-13(12-25)24-10-3-11-29-19-16(21(24)28)4-2-5-17(19)23-20(27)18(26)14-6-8-15(22)9-7-14;1-16(2)12-13-8-10-15(11-9-13)17-14-6-4-3-5-7-14/h2,4-9,13,18,25-26H,3,10-12H2,1H3,(H,23,27);3-11H,12H2,1-2H3/t13-,18?;/m0./s1. The number of amides is 2. The molecule has 4 aromatic carbocycles. The monoisotopic (exact) mass is 629 g/mol. The lowest BCUT2D eigenvalue weighted by molar-refractivity contribution is -0.124. The number of nitrogens with zero attached hydrogens (tertiary/aromatic N) is 2. The van der Waals surface area contributed by atoms with Crippen LogP contribution in [0.2, 0.25) is 0 Å². The molecule has 2 atom stereocenters. The third-order valence-corrected chi connectivity index (χ3v) is 7.19. The normalized spacial score (nSPS) is 14.1. The van der Waals surface area contributed by atoms with Gasteiger partial charge in [0.15, 0.2) is 11.9 Å². The molecule has 4 aromatic rings. The van der Waals surface area contributed by atoms with E-state index in [9.17, 15) is 24.2 Å². The summed E-state index contributed by atoms with van der Waals surface area (Å²) >= 11 is 0. The number of carbonyl (C=O) groups excluding carboxylic acids is 2. The minimum absolute atomic E-state index is 0.164. The van der Waals surface area contributed by atoms with Crippen molar-refractivity contribution >= 4 is 17.5 Å². The molecule has 0 saturated carbocycles. The summed E-state index contributed by atoms with van der Waals surface area (Å²) in [5.41, 5.74) is 2.04. The average molecular weight is 630 g/mol. The molecule has 1 aliphatic heterocycles. The first-order chi connectivity index (χ1) is 22.2. The SMILES string of the molecule is CN(C)Cc1ccc(Oc2ccccc2)cc1.C[C@@H](CO)N1CCCOc2c(NC(=O)C(O)c3ccc(F)cc3)cccc2C1=O. The van der Waals surface area contributed by atoms with Crippen LogP contribution in [0.4, 0.5) is 10.1 Å². The van der Waals surface area contributed by atoms with Crippen LogP contribution in [0.1, 0.15) is 40.9 Å². The van der Waals surface area contributed by atoms with Gasteiger partial charge in [-0.3, -0.25) is 9.59 Å². The number of anilines is 1. The molecule has 0 saturated heterocycles. The third-order valence-electron chi connectivity index (χ3n) is 7.19. The highest BCUT2D eigenvalue weighted by molar-refractivity contribution is 6.02. The summed E-state index contributed by atoms with van der Waals surface area (Å²) < 4.78 is 24.5. The minimum Gasteiger partial charge on any atom is -0.490 e. The molecule has 242 valence electrons. The molecule has 0 aromatic heterocycles. The Balaban J connectivity index is 0.000000240. The number of para-hydroxylation sites is 2. The largest absolute Gasteiger partial charge is 0.490 e. The Kier molecular flexibility index (Phi) is 12.2. The van der Waals surface area contributed by atoms with Crippen LogP contribution in [0.25, 0.3) is 0 Å². The summed E-state index contributed by atoms with van der Waals surface area (Å²) in [4.78, 5) is 29.2. The lowest BCUT2D eigenvalue weighted by atomic mass is 10.1. The Morgan fingerprint density at radius 3 is 2.30 bits per heavy atom. The second-order valence-corrected chi connectivity index (χ2v) is 11.2. The number of ether oxygens (including phenoxy) is 2. The molecule has 3 N–H and O–H groups in total. The topological polar surface area (TPSA) is 112 Å². The number of fused-ring (bicyclic) bond motifs is 1. The number of nitrogens with one attached hydrogen (secondary N) is 1. The number of benzene rings is 4. The summed E-state index contributed by atoms with van der Waals surface area (Å²) in [6.45, 7) is 3.31. The number of aliphatic hydroxyl groups excluding tert-OH is 2. The van der Waals surface area contributed by atoms with Crippen molar-refractivity contribution in [1.29, 1.82) is 0 Å². The van der Waals surface area contributed by atoms with Crippen LogP contribution in [0, 0.1) is 5.82 Å². The molecule has 1 heterocycles. The first kappa shape index (κ1) is 34.1. The summed E-state index contributed by atoms with van der Waals surface area (Å²) in [6, 6.07) is 27.4. The molecule has 0 fully saturated rings. The fourth-order valence-electron chi connectivity index (χ4n) is 4.79. The van der Waals surface area contributed by atoms with E-state index in [-0.39, 0.29) is 41.1 Å². The van der Waals surface area contributed by atoms with Crippen molar-refractivity contribution in [3.63, 3.8) is 0 Å². The lowest BCUT2D eigenvalue weighted by Crippen LogP contribution is -2.42. The molecular weight excluding hydrogens is 589 g/mol. The maximum absolute atomic E-state index is 13.1. The fraction of sp³-hybridized carbons (Fsp3) is 0.278. The van der Waals surface area contributed by atoms with E-state index in [0.29, 0.717) is 19.6 Å². The number of aliphatic hydroxyl groups is 2. The van der Waals surface area contributed by atoms with Gasteiger partial charge in [0.25, 0.3) is 11.8 Å². The van der Waals surface area contributed by atoms with Gasteiger partial charge < -0.3 is 34.8 Å². The van der Waals surface area contributed by atoms with Crippen molar-refractivity contribution in [2.75, 3.05) is 39.2 Å². The second-order valence-electron chi connectivity index (χ2n) is 11.2. The lowest BCUT2D eigenvalue weighted by Gasteiger charge is -2.31. The van der Waals surface area contributed by atoms with Gasteiger partial charge >= 0.3 is 0 Å². The van der Waals surface area contributed by atoms with Crippen LogP contribution in [-0.2, 0) is 11.3 Å². The van der Waals surface area contributed by atoms with Gasteiger partial charge in [0.05, 0.1) is 30.5 Å². The highest BCUT2D eigenvalue weighted by atomic mass is 19.1. The molecule has 5 rings (SSSR count). The molecule has 1 aliphatic rings. The van der Waals surface area contributed by atoms with E-state index in [1.807, 2.05) is 42.5 Å². The van der Waals surface area contributed by atoms with Gasteiger partial charge in [0, 0.05) is 13.1 Å². The molecule has 10 heteroatoms. The Bertz CT molecular complexity index is 1570. The minimum atomic E-state index is -1.51. The van der Waals surface area contributed by atoms with Crippen molar-refractivity contribution < 1.29 is 33.7 Å². The van der Waals surface area contributed by atoms with Crippen molar-refractivity contribution in [1.82, 2.24) is 9.80 Å². The highest BCUT2D eigenvalue weighted by Gasteiger charge is 2.28. The van der Waals surface area contributed by atoms with Crippen molar-refractivity contribution in [2.45, 2.75) is 32.0 Å². The quantitative estimate of drug-likeness (QED) is 0.220. The van der Waals surface area contributed by atoms with E-state index >= 15 is 0 Å². The molecule has 46 heavy (non-hydrogen) atoms. The number of rotatable bonds is 9. The number of hydrogen-bond donors (Lipinski definition) is 3. The second kappa shape index (κ2) is 16.5. The van der Waals surface area contributed by atoms with Crippen molar-refractivity contribution in [3.8, 4) is 17.2 Å². The first-order valence-electron chi connectivity index (χ1n) is 15.0. The van der Waals surface area contributed by atoms with E-state index < -0.39 is 17.8 Å². The summed E-state index contributed by atoms with van der Waals surface area (Å²) in [6.07, 6.45) is -0.947. The van der Waals surface area contributed by atoms with Crippen molar-refractivity contribution in [3.05, 3.63) is 120 Å². The molecular formula is C36H40FN3O6. The van der Waals surface area contributed by atoms with Gasteiger partial charge in [-0.1, -0.05) is 48.5 Å². The van der Waals surface area contributed by atoms with E-state index in [4.69, 9.17) is 9.47 Å². The maximum Gasteiger partial charge on any atom is 0.258 e. The smallest absolute Gasteiger partial charge is 0.258 e. The Morgan fingerprint density at radius 1 is 0.978 bits per heavy atom. The van der Waals surface area contributed by atoms with E-state index in [1.165, 1.54) is 17.7 Å². The van der Waals surface area contributed by atoms with Gasteiger partial charge in [-0.05, 0) is 87.1 Å². The zero-order valence-corrected chi connectivity index (χ0v) is 26.2. The van der Waals surface area contributed by atoms with Gasteiger partial charge in [-0.2, -0.15) is 0 Å². The van der Waals surface area contributed by atoms with Crippen LogP contribution in [0.15, 0.2) is 97.1 Å². The van der Waals surface area contributed by atoms with Gasteiger partial charge in [-0.15, -0.1) is 0 Å². The number of hydrogen-bond acceptors (Lipinski definition) is 7. The first-order valence-corrected chi connectivity index (χ1v) is 15.0. The third kappa shape index (κ3) is 9.37. The molecule has 0 bridgehead atoms. The van der Waals surface area contributed by atoms with E-state index in [0.717, 1.165) is 30.2 Å². The summed E-state index contributed by atoms with van der Waals surface area (Å²) in [7, 11) is 4.13. The van der Waals surface area contributed by atoms with Crippen molar-refractivity contribution in [2.24, 2.45) is 0 Å². The van der Waals surface area contributed by atoms with Crippen LogP contribution in [0.5, 0.6) is 17.2 Å². The predicted molar refractivity (Wildman–Crippen MR) is 174 cm³/mol. The zero-order chi connectivity index (χ0) is 33.1. The van der Waals surface area contributed by atoms with Crippen LogP contribution in [-0.4, -0.2) is 71.7 Å². The van der Waals surface area contributed by atoms with Crippen LogP contribution in [0.3, 0.4) is 0 Å². The number of halogens is 1. The molecule has 0 radical (unpaired) electrons. The highest BCUT2D eigenvalue weighted by Crippen LogP contribution is 2.33. The maximum atomic E-state index is 13.1. The van der Waals surface area contributed by atoms with Gasteiger partial charge in [0.1, 0.15) is 17.3 Å². The van der Waals surface area contributed by atoms with Crippen LogP contribution >= 0.6 is 0 Å². The van der Waals surface area contributed by atoms with Crippen LogP contribution < -0.4 is 14.8 Å². The van der Waals surface area contributed by atoms with Gasteiger partial charge in [0.2, 0.25) is 0 Å². The average Bonchev–Trinajstić information content (AvgIpc) is 3.05. The fourth-order valence-corrected chi connectivity index (χ4v) is 4.79. The number of carbonyl (C=O) groups is 2. The van der Waals surface area contributed by atoms with E-state index in [2.05, 4.69) is 36.4 Å². The molecule has 2 amide bonds. The predicted octanol–water partition coefficient (Wildman–Crippen LogP) is 5.64. The van der Waals surface area contributed by atoms with E-state index in [1.54, 1.807) is 30.0 Å². The molecule has 0 aliphatic carbocycles. The Hall–Kier alpha value is -4.77. The Labute approximate surface area is 268 Å². The summed E-state index contributed by atoms with van der Waals surface area (Å²) in [5.74, 6) is 0.443. The zero-order valence-electron chi connectivity index (χ0n) is 26.2. The molecule has 9 nitrogen and oxygen atoms in total. The Morgan fingerprint density at radius 2 is 1.65 bits per heavy atom. The summed E-state index contributed by atoms with van der Waals surface area (Å²) in [5, 5.41) is 22.3.